The molecule has 0 aliphatic carbocycles. The second-order valence-electron chi connectivity index (χ2n) is 5.46. The van der Waals surface area contributed by atoms with Crippen LogP contribution in [0.25, 0.3) is 0 Å². The molecule has 1 aliphatic heterocycles. The Balaban J connectivity index is 1.56. The minimum atomic E-state index is -0.487. The number of likely N-dealkylation sites (N-methyl/N-ethyl adjacent to an activating group) is 1. The highest BCUT2D eigenvalue weighted by atomic mass is 16.5. The number of furan rings is 1. The highest BCUT2D eigenvalue weighted by Crippen LogP contribution is 2.13. The van der Waals surface area contributed by atoms with Gasteiger partial charge in [-0.3, -0.25) is 0 Å². The molecule has 114 valence electrons. The van der Waals surface area contributed by atoms with Gasteiger partial charge in [-0.15, -0.1) is 0 Å². The number of rotatable bonds is 8. The first-order valence-electron chi connectivity index (χ1n) is 7.32. The van der Waals surface area contributed by atoms with Crippen molar-refractivity contribution in [3.05, 3.63) is 24.2 Å². The van der Waals surface area contributed by atoms with Crippen LogP contribution >= 0.6 is 0 Å². The summed E-state index contributed by atoms with van der Waals surface area (Å²) in [5.41, 5.74) is 0. The van der Waals surface area contributed by atoms with Gasteiger partial charge in [0.2, 0.25) is 0 Å². The van der Waals surface area contributed by atoms with Crippen molar-refractivity contribution in [3.63, 3.8) is 0 Å². The Kier molecular flexibility index (Phi) is 6.53. The molecule has 2 heterocycles. The zero-order chi connectivity index (χ0) is 14.2. The van der Waals surface area contributed by atoms with E-state index in [1.165, 1.54) is 12.8 Å². The van der Waals surface area contributed by atoms with Crippen LogP contribution in [0.4, 0.5) is 0 Å². The molecule has 20 heavy (non-hydrogen) atoms. The monoisotopic (exact) mass is 283 g/mol. The van der Waals surface area contributed by atoms with Crippen LogP contribution in [0.5, 0.6) is 0 Å². The van der Waals surface area contributed by atoms with Gasteiger partial charge >= 0.3 is 0 Å². The minimum Gasteiger partial charge on any atom is -0.467 e. The van der Waals surface area contributed by atoms with Gasteiger partial charge in [0.15, 0.2) is 0 Å². The first-order chi connectivity index (χ1) is 9.74. The van der Waals surface area contributed by atoms with Gasteiger partial charge in [0.05, 0.1) is 25.1 Å². The normalized spacial score (nSPS) is 21.2. The van der Waals surface area contributed by atoms with E-state index in [-0.39, 0.29) is 0 Å². The second kappa shape index (κ2) is 8.42. The molecule has 1 N–H and O–H groups in total. The van der Waals surface area contributed by atoms with E-state index in [9.17, 15) is 5.11 Å². The third-order valence-electron chi connectivity index (χ3n) is 3.45. The van der Waals surface area contributed by atoms with E-state index in [4.69, 9.17) is 13.9 Å². The van der Waals surface area contributed by atoms with Crippen molar-refractivity contribution >= 4 is 0 Å². The van der Waals surface area contributed by atoms with Crippen molar-refractivity contribution < 1.29 is 19.0 Å². The third kappa shape index (κ3) is 5.63. The summed E-state index contributed by atoms with van der Waals surface area (Å²) in [5, 5.41) is 9.94. The molecule has 1 fully saturated rings. The summed E-state index contributed by atoms with van der Waals surface area (Å²) in [6, 6.07) is 3.69. The molecule has 0 radical (unpaired) electrons. The molecule has 0 saturated carbocycles. The average molecular weight is 283 g/mol. The van der Waals surface area contributed by atoms with Gasteiger partial charge in [-0.2, -0.15) is 0 Å². The van der Waals surface area contributed by atoms with Gasteiger partial charge in [0, 0.05) is 19.7 Å². The Hall–Kier alpha value is -0.880. The molecule has 5 heteroatoms. The molecule has 2 unspecified atom stereocenters. The molecule has 1 aliphatic rings. The maximum absolute atomic E-state index is 9.94. The lowest BCUT2D eigenvalue weighted by molar-refractivity contribution is -0.0217. The SMILES string of the molecule is CN(CC(O)COCc1ccco1)CC1CCCCO1. The predicted octanol–water partition coefficient (Wildman–Crippen LogP) is 1.66. The average Bonchev–Trinajstić information content (AvgIpc) is 2.93. The number of ether oxygens (including phenoxy) is 2. The highest BCUT2D eigenvalue weighted by molar-refractivity contribution is 4.96. The molecule has 1 aromatic heterocycles. The topological polar surface area (TPSA) is 55.1 Å². The van der Waals surface area contributed by atoms with E-state index in [2.05, 4.69) is 4.90 Å². The molecule has 0 aromatic carbocycles. The van der Waals surface area contributed by atoms with E-state index in [1.54, 1.807) is 6.26 Å². The maximum atomic E-state index is 9.94. The molecule has 0 bridgehead atoms. The predicted molar refractivity (Wildman–Crippen MR) is 75.5 cm³/mol. The summed E-state index contributed by atoms with van der Waals surface area (Å²) < 4.78 is 16.3. The number of hydrogen-bond donors (Lipinski definition) is 1. The number of aliphatic hydroxyl groups is 1. The summed E-state index contributed by atoms with van der Waals surface area (Å²) in [6.07, 6.45) is 4.97. The van der Waals surface area contributed by atoms with Crippen molar-refractivity contribution in [1.82, 2.24) is 4.90 Å². The Morgan fingerprint density at radius 3 is 3.10 bits per heavy atom. The van der Waals surface area contributed by atoms with Crippen LogP contribution in [-0.4, -0.2) is 55.6 Å². The number of hydrogen-bond acceptors (Lipinski definition) is 5. The van der Waals surface area contributed by atoms with Gasteiger partial charge in [0.25, 0.3) is 0 Å². The van der Waals surface area contributed by atoms with Crippen LogP contribution < -0.4 is 0 Å². The molecule has 0 spiro atoms. The van der Waals surface area contributed by atoms with Crippen LogP contribution in [0.15, 0.2) is 22.8 Å². The fourth-order valence-corrected chi connectivity index (χ4v) is 2.48. The zero-order valence-corrected chi connectivity index (χ0v) is 12.2. The Labute approximate surface area is 120 Å². The van der Waals surface area contributed by atoms with Crippen LogP contribution in [-0.2, 0) is 16.1 Å². The fraction of sp³-hybridized carbons (Fsp3) is 0.733. The Morgan fingerprint density at radius 1 is 1.50 bits per heavy atom. The molecule has 0 amide bonds. The van der Waals surface area contributed by atoms with Gasteiger partial charge in [0.1, 0.15) is 12.4 Å². The van der Waals surface area contributed by atoms with Crippen molar-refractivity contribution in [2.75, 3.05) is 33.4 Å². The zero-order valence-electron chi connectivity index (χ0n) is 12.2. The molecular formula is C15H25NO4. The summed E-state index contributed by atoms with van der Waals surface area (Å²) in [6.45, 7) is 3.05. The van der Waals surface area contributed by atoms with Crippen molar-refractivity contribution in [3.8, 4) is 0 Å². The second-order valence-corrected chi connectivity index (χ2v) is 5.46. The third-order valence-corrected chi connectivity index (χ3v) is 3.45. The van der Waals surface area contributed by atoms with Crippen LogP contribution in [0.1, 0.15) is 25.0 Å². The van der Waals surface area contributed by atoms with E-state index in [0.717, 1.165) is 25.3 Å². The lowest BCUT2D eigenvalue weighted by atomic mass is 10.1. The lowest BCUT2D eigenvalue weighted by Crippen LogP contribution is -2.38. The van der Waals surface area contributed by atoms with Gasteiger partial charge in [-0.05, 0) is 38.4 Å². The van der Waals surface area contributed by atoms with E-state index >= 15 is 0 Å². The summed E-state index contributed by atoms with van der Waals surface area (Å²) >= 11 is 0. The molecule has 1 aromatic rings. The first kappa shape index (κ1) is 15.5. The molecular weight excluding hydrogens is 258 g/mol. The van der Waals surface area contributed by atoms with E-state index < -0.39 is 6.10 Å². The summed E-state index contributed by atoms with van der Waals surface area (Å²) in [7, 11) is 2.01. The van der Waals surface area contributed by atoms with Gasteiger partial charge in [-0.25, -0.2) is 0 Å². The van der Waals surface area contributed by atoms with Crippen LogP contribution in [0.2, 0.25) is 0 Å². The molecule has 2 rings (SSSR count). The lowest BCUT2D eigenvalue weighted by Gasteiger charge is -2.28. The van der Waals surface area contributed by atoms with Crippen LogP contribution in [0, 0.1) is 0 Å². The molecule has 5 nitrogen and oxygen atoms in total. The number of aliphatic hydroxyl groups excluding tert-OH is 1. The molecule has 1 saturated heterocycles. The van der Waals surface area contributed by atoms with Crippen molar-refractivity contribution in [1.29, 1.82) is 0 Å². The first-order valence-corrected chi connectivity index (χ1v) is 7.32. The summed E-state index contributed by atoms with van der Waals surface area (Å²) in [5.74, 6) is 0.779. The maximum Gasteiger partial charge on any atom is 0.129 e. The number of nitrogens with zero attached hydrogens (tertiary/aromatic N) is 1. The fourth-order valence-electron chi connectivity index (χ4n) is 2.48. The van der Waals surface area contributed by atoms with Crippen LogP contribution in [0.3, 0.4) is 0 Å². The van der Waals surface area contributed by atoms with E-state index in [0.29, 0.717) is 25.9 Å². The van der Waals surface area contributed by atoms with Gasteiger partial charge in [-0.1, -0.05) is 0 Å². The van der Waals surface area contributed by atoms with Crippen molar-refractivity contribution in [2.24, 2.45) is 0 Å². The standard InChI is InChI=1S/C15H25NO4/c1-16(10-14-5-2-3-7-19-14)9-13(17)11-18-12-15-6-4-8-20-15/h4,6,8,13-14,17H,2-3,5,7,9-12H2,1H3. The highest BCUT2D eigenvalue weighted by Gasteiger charge is 2.17. The largest absolute Gasteiger partial charge is 0.467 e. The Morgan fingerprint density at radius 2 is 2.40 bits per heavy atom. The van der Waals surface area contributed by atoms with E-state index in [1.807, 2.05) is 19.2 Å². The molecule has 2 atom stereocenters. The Bertz CT molecular complexity index is 349. The quantitative estimate of drug-likeness (QED) is 0.786. The minimum absolute atomic E-state index is 0.310. The van der Waals surface area contributed by atoms with Gasteiger partial charge < -0.3 is 23.9 Å². The smallest absolute Gasteiger partial charge is 0.129 e. The summed E-state index contributed by atoms with van der Waals surface area (Å²) in [4.78, 5) is 2.11. The van der Waals surface area contributed by atoms with Crippen molar-refractivity contribution in [2.45, 2.75) is 38.1 Å².